The van der Waals surface area contributed by atoms with Gasteiger partial charge in [-0.2, -0.15) is 8.42 Å². The predicted octanol–water partition coefficient (Wildman–Crippen LogP) is 2.74. The van der Waals surface area contributed by atoms with Crippen molar-refractivity contribution in [2.75, 3.05) is 20.3 Å². The Morgan fingerprint density at radius 3 is 1.85 bits per heavy atom. The van der Waals surface area contributed by atoms with Gasteiger partial charge in [-0.3, -0.25) is 4.18 Å². The van der Waals surface area contributed by atoms with Crippen molar-refractivity contribution in [3.05, 3.63) is 90.5 Å². The molecule has 1 aliphatic rings. The van der Waals surface area contributed by atoms with Crippen molar-refractivity contribution in [2.24, 2.45) is 0 Å². The van der Waals surface area contributed by atoms with Crippen molar-refractivity contribution >= 4 is 28.8 Å². The van der Waals surface area contributed by atoms with Gasteiger partial charge in [-0.15, -0.1) is 0 Å². The summed E-state index contributed by atoms with van der Waals surface area (Å²) in [5.74, 6) is 0. The molecule has 0 bridgehead atoms. The molecule has 0 saturated carbocycles. The lowest BCUT2D eigenvalue weighted by atomic mass is 9.97. The zero-order valence-corrected chi connectivity index (χ0v) is 25.3. The summed E-state index contributed by atoms with van der Waals surface area (Å²) in [6, 6.07) is 26.0. The fourth-order valence-electron chi connectivity index (χ4n) is 5.24. The summed E-state index contributed by atoms with van der Waals surface area (Å²) < 4.78 is 49.9. The zero-order valence-electron chi connectivity index (χ0n) is 23.5. The van der Waals surface area contributed by atoms with Crippen LogP contribution in [0.15, 0.2) is 89.8 Å². The number of methoxy groups -OCH3 is 1. The number of aryl methyl sites for hydroxylation is 1. The van der Waals surface area contributed by atoms with Gasteiger partial charge < -0.3 is 24.1 Å². The van der Waals surface area contributed by atoms with Crippen molar-refractivity contribution < 1.29 is 36.7 Å². The molecule has 2 N–H and O–H groups in total. The van der Waals surface area contributed by atoms with Gasteiger partial charge in [0.05, 0.1) is 11.5 Å². The lowest BCUT2D eigenvalue weighted by molar-refractivity contribution is -0.194. The molecule has 3 aromatic carbocycles. The van der Waals surface area contributed by atoms with Crippen molar-refractivity contribution in [1.29, 1.82) is 0 Å². The summed E-state index contributed by atoms with van der Waals surface area (Å²) in [6.07, 6.45) is -4.20. The van der Waals surface area contributed by atoms with Crippen LogP contribution in [-0.4, -0.2) is 71.4 Å². The summed E-state index contributed by atoms with van der Waals surface area (Å²) >= 11 is 0. The van der Waals surface area contributed by atoms with Crippen molar-refractivity contribution in [3.8, 4) is 0 Å². The molecule has 3 aromatic rings. The maximum absolute atomic E-state index is 13.1. The highest BCUT2D eigenvalue weighted by Gasteiger charge is 2.58. The third kappa shape index (κ3) is 5.81. The van der Waals surface area contributed by atoms with Gasteiger partial charge in [0.2, 0.25) is 0 Å². The van der Waals surface area contributed by atoms with E-state index in [1.165, 1.54) is 19.2 Å². The lowest BCUT2D eigenvalue weighted by Gasteiger charge is -2.45. The van der Waals surface area contributed by atoms with Crippen LogP contribution >= 0.6 is 0 Å². The summed E-state index contributed by atoms with van der Waals surface area (Å²) in [7, 11) is -5.99. The summed E-state index contributed by atoms with van der Waals surface area (Å²) in [6.45, 7) is 7.29. The number of benzene rings is 3. The molecule has 10 heteroatoms. The molecule has 1 unspecified atom stereocenters. The van der Waals surface area contributed by atoms with Gasteiger partial charge in [0, 0.05) is 7.11 Å². The fourth-order valence-corrected chi connectivity index (χ4v) is 10.8. The van der Waals surface area contributed by atoms with E-state index < -0.39 is 54.2 Å². The van der Waals surface area contributed by atoms with Crippen molar-refractivity contribution in [2.45, 2.75) is 61.7 Å². The van der Waals surface area contributed by atoms with E-state index in [0.717, 1.165) is 15.9 Å². The topological polar surface area (TPSA) is 112 Å². The molecule has 1 heterocycles. The number of ether oxygens (including phenoxy) is 2. The maximum Gasteiger partial charge on any atom is 0.297 e. The van der Waals surface area contributed by atoms with Gasteiger partial charge in [-0.25, -0.2) is 0 Å². The molecule has 216 valence electrons. The van der Waals surface area contributed by atoms with Crippen LogP contribution in [0.4, 0.5) is 0 Å². The minimum atomic E-state index is -4.21. The standard InChI is InChI=1S/C30H38O8SSi/c1-22-16-18-23(19-17-22)39(33,34)36-20-30(27(32)26(31)28(35-5)38-30)21-37-40(29(2,3)4,24-12-8-6-9-13-24)25-14-10-7-11-15-25/h6-19,26-28,31-32H,20-21H2,1-5H3/t26-,27?,28+,30+/m0/s1. The summed E-state index contributed by atoms with van der Waals surface area (Å²) in [4.78, 5) is -0.0301. The van der Waals surface area contributed by atoms with Crippen LogP contribution in [0.25, 0.3) is 0 Å². The Morgan fingerprint density at radius 1 is 0.875 bits per heavy atom. The predicted molar refractivity (Wildman–Crippen MR) is 155 cm³/mol. The van der Waals surface area contributed by atoms with E-state index in [0.29, 0.717) is 0 Å². The SMILES string of the molecule is CO[C@@H]1O[C@@](CO[Si](c2ccccc2)(c2ccccc2)C(C)(C)C)(COS(=O)(=O)c2ccc(C)cc2)C(O)[C@@H]1O. The Kier molecular flexibility index (Phi) is 9.03. The Hall–Kier alpha value is -2.41. The normalized spacial score (nSPS) is 23.8. The number of hydrogen-bond acceptors (Lipinski definition) is 8. The minimum absolute atomic E-state index is 0.0301. The molecule has 1 saturated heterocycles. The van der Waals surface area contributed by atoms with Gasteiger partial charge >= 0.3 is 0 Å². The molecule has 40 heavy (non-hydrogen) atoms. The first kappa shape index (κ1) is 30.5. The number of aliphatic hydroxyl groups excluding tert-OH is 2. The zero-order chi connectivity index (χ0) is 29.2. The smallest absolute Gasteiger partial charge is 0.297 e. The molecule has 0 spiro atoms. The maximum atomic E-state index is 13.1. The highest BCUT2D eigenvalue weighted by Crippen LogP contribution is 2.40. The molecule has 4 atom stereocenters. The van der Waals surface area contributed by atoms with E-state index in [-0.39, 0.29) is 11.5 Å². The van der Waals surface area contributed by atoms with Gasteiger partial charge in [-0.1, -0.05) is 99.1 Å². The highest BCUT2D eigenvalue weighted by molar-refractivity contribution is 7.86. The second-order valence-corrected chi connectivity index (χ2v) is 17.1. The second-order valence-electron chi connectivity index (χ2n) is 11.2. The first-order chi connectivity index (χ1) is 18.9. The number of rotatable bonds is 10. The van der Waals surface area contributed by atoms with Crippen LogP contribution in [0.3, 0.4) is 0 Å². The van der Waals surface area contributed by atoms with E-state index in [9.17, 15) is 18.6 Å². The monoisotopic (exact) mass is 586 g/mol. The Bertz CT molecular complexity index is 1320. The van der Waals surface area contributed by atoms with Gasteiger partial charge in [0.1, 0.15) is 24.4 Å². The minimum Gasteiger partial charge on any atom is -0.404 e. The van der Waals surface area contributed by atoms with Crippen molar-refractivity contribution in [3.63, 3.8) is 0 Å². The first-order valence-electron chi connectivity index (χ1n) is 13.1. The van der Waals surface area contributed by atoms with Crippen LogP contribution in [0.5, 0.6) is 0 Å². The number of aliphatic hydroxyl groups is 2. The van der Waals surface area contributed by atoms with Gasteiger partial charge in [0.15, 0.2) is 6.29 Å². The summed E-state index contributed by atoms with van der Waals surface area (Å²) in [5.41, 5.74) is -0.847. The quantitative estimate of drug-likeness (QED) is 0.276. The third-order valence-electron chi connectivity index (χ3n) is 7.44. The van der Waals surface area contributed by atoms with Gasteiger partial charge in [-0.05, 0) is 34.5 Å². The highest BCUT2D eigenvalue weighted by atomic mass is 32.2. The molecule has 0 amide bonds. The van der Waals surface area contributed by atoms with Crippen LogP contribution in [0.2, 0.25) is 5.04 Å². The van der Waals surface area contributed by atoms with Crippen LogP contribution in [0, 0.1) is 6.92 Å². The average molecular weight is 587 g/mol. The van der Waals surface area contributed by atoms with Gasteiger partial charge in [0.25, 0.3) is 18.4 Å². The molecule has 4 rings (SSSR count). The van der Waals surface area contributed by atoms with E-state index in [1.807, 2.05) is 67.6 Å². The van der Waals surface area contributed by atoms with E-state index in [1.54, 1.807) is 12.1 Å². The van der Waals surface area contributed by atoms with Crippen molar-refractivity contribution in [1.82, 2.24) is 0 Å². The Labute approximate surface area is 237 Å². The molecule has 0 aromatic heterocycles. The lowest BCUT2D eigenvalue weighted by Crippen LogP contribution is -2.68. The van der Waals surface area contributed by atoms with Crippen LogP contribution in [-0.2, 0) is 28.2 Å². The third-order valence-corrected chi connectivity index (χ3v) is 13.7. The molecular weight excluding hydrogens is 548 g/mol. The largest absolute Gasteiger partial charge is 0.404 e. The molecule has 1 aliphatic heterocycles. The molecular formula is C30H38O8SSi. The van der Waals surface area contributed by atoms with E-state index >= 15 is 0 Å². The van der Waals surface area contributed by atoms with E-state index in [2.05, 4.69) is 20.8 Å². The fraction of sp³-hybridized carbons (Fsp3) is 0.400. The van der Waals surface area contributed by atoms with Crippen LogP contribution < -0.4 is 10.4 Å². The molecule has 0 radical (unpaired) electrons. The van der Waals surface area contributed by atoms with Crippen LogP contribution in [0.1, 0.15) is 26.3 Å². The average Bonchev–Trinajstić information content (AvgIpc) is 3.18. The molecule has 0 aliphatic carbocycles. The summed E-state index contributed by atoms with van der Waals surface area (Å²) in [5, 5.41) is 23.6. The Morgan fingerprint density at radius 2 is 1.40 bits per heavy atom. The Balaban J connectivity index is 1.76. The first-order valence-corrected chi connectivity index (χ1v) is 16.5. The molecule has 1 fully saturated rings. The second kappa shape index (κ2) is 11.8. The molecule has 8 nitrogen and oxygen atoms in total. The number of hydrogen-bond donors (Lipinski definition) is 2. The van der Waals surface area contributed by atoms with E-state index in [4.69, 9.17) is 18.1 Å².